The number of ether oxygens (including phenoxy) is 2. The first-order valence-electron chi connectivity index (χ1n) is 4.44. The Morgan fingerprint density at radius 3 is 2.75 bits per heavy atom. The minimum Gasteiger partial charge on any atom is -0.345 e. The van der Waals surface area contributed by atoms with E-state index in [-0.39, 0.29) is 12.2 Å². The Morgan fingerprint density at radius 1 is 1.33 bits per heavy atom. The van der Waals surface area contributed by atoms with Gasteiger partial charge in [-0.1, -0.05) is 0 Å². The SMILES string of the molecule is CC1(C)O[C@H]2CCC(=O)C[C@H]2O1. The van der Waals surface area contributed by atoms with Gasteiger partial charge < -0.3 is 9.47 Å². The maximum absolute atomic E-state index is 11.1. The summed E-state index contributed by atoms with van der Waals surface area (Å²) >= 11 is 0. The Balaban J connectivity index is 2.07. The van der Waals surface area contributed by atoms with Gasteiger partial charge in [-0.25, -0.2) is 0 Å². The van der Waals surface area contributed by atoms with Gasteiger partial charge in [-0.15, -0.1) is 0 Å². The number of hydrogen-bond acceptors (Lipinski definition) is 3. The molecule has 0 unspecified atom stereocenters. The molecule has 1 saturated carbocycles. The van der Waals surface area contributed by atoms with E-state index in [4.69, 9.17) is 9.47 Å². The Labute approximate surface area is 72.0 Å². The molecule has 1 aliphatic heterocycles. The lowest BCUT2D eigenvalue weighted by Gasteiger charge is -2.20. The Morgan fingerprint density at radius 2 is 2.00 bits per heavy atom. The van der Waals surface area contributed by atoms with Crippen molar-refractivity contribution in [2.45, 2.75) is 51.1 Å². The molecule has 1 saturated heterocycles. The van der Waals surface area contributed by atoms with Crippen LogP contribution in [0, 0.1) is 0 Å². The van der Waals surface area contributed by atoms with Crippen molar-refractivity contribution in [3.8, 4) is 0 Å². The fourth-order valence-corrected chi connectivity index (χ4v) is 1.96. The minimum atomic E-state index is -0.486. The lowest BCUT2D eigenvalue weighted by atomic mass is 9.94. The quantitative estimate of drug-likeness (QED) is 0.549. The predicted octanol–water partition coefficient (Wildman–Crippen LogP) is 1.26. The molecule has 0 radical (unpaired) electrons. The third-order valence-electron chi connectivity index (χ3n) is 2.42. The van der Waals surface area contributed by atoms with E-state index in [2.05, 4.69) is 0 Å². The van der Waals surface area contributed by atoms with Gasteiger partial charge in [0.05, 0.1) is 12.2 Å². The highest BCUT2D eigenvalue weighted by Gasteiger charge is 2.44. The zero-order chi connectivity index (χ0) is 8.77. The highest BCUT2D eigenvalue weighted by Crippen LogP contribution is 2.35. The first-order chi connectivity index (χ1) is 5.57. The molecule has 3 heteroatoms. The van der Waals surface area contributed by atoms with Gasteiger partial charge >= 0.3 is 0 Å². The van der Waals surface area contributed by atoms with Crippen LogP contribution in [0.3, 0.4) is 0 Å². The summed E-state index contributed by atoms with van der Waals surface area (Å²) in [6, 6.07) is 0. The van der Waals surface area contributed by atoms with Crippen molar-refractivity contribution in [1.82, 2.24) is 0 Å². The van der Waals surface area contributed by atoms with Crippen LogP contribution in [0.5, 0.6) is 0 Å². The van der Waals surface area contributed by atoms with Crippen LogP contribution in [0.4, 0.5) is 0 Å². The van der Waals surface area contributed by atoms with Crippen LogP contribution in [0.25, 0.3) is 0 Å². The number of carbonyl (C=O) groups excluding carboxylic acids is 1. The van der Waals surface area contributed by atoms with Gasteiger partial charge in [0.25, 0.3) is 0 Å². The van der Waals surface area contributed by atoms with E-state index in [1.165, 1.54) is 0 Å². The van der Waals surface area contributed by atoms with Gasteiger partial charge in [-0.2, -0.15) is 0 Å². The summed E-state index contributed by atoms with van der Waals surface area (Å²) in [6.45, 7) is 3.80. The zero-order valence-electron chi connectivity index (χ0n) is 7.50. The molecule has 0 aromatic carbocycles. The summed E-state index contributed by atoms with van der Waals surface area (Å²) in [6.07, 6.45) is 2.18. The monoisotopic (exact) mass is 170 g/mol. The topological polar surface area (TPSA) is 35.5 Å². The van der Waals surface area contributed by atoms with Crippen molar-refractivity contribution in [2.75, 3.05) is 0 Å². The van der Waals surface area contributed by atoms with E-state index >= 15 is 0 Å². The van der Waals surface area contributed by atoms with Crippen LogP contribution < -0.4 is 0 Å². The van der Waals surface area contributed by atoms with Gasteiger partial charge in [-0.05, 0) is 20.3 Å². The maximum atomic E-state index is 11.1. The lowest BCUT2D eigenvalue weighted by Crippen LogP contribution is -2.31. The molecule has 68 valence electrons. The Kier molecular flexibility index (Phi) is 1.73. The average Bonchev–Trinajstić information content (AvgIpc) is 2.21. The van der Waals surface area contributed by atoms with Crippen molar-refractivity contribution in [3.05, 3.63) is 0 Å². The summed E-state index contributed by atoms with van der Waals surface area (Å²) < 4.78 is 11.2. The average molecular weight is 170 g/mol. The Hall–Kier alpha value is -0.410. The van der Waals surface area contributed by atoms with Crippen molar-refractivity contribution in [2.24, 2.45) is 0 Å². The number of ketones is 1. The zero-order valence-corrected chi connectivity index (χ0v) is 7.50. The Bertz CT molecular complexity index is 210. The molecule has 0 spiro atoms. The summed E-state index contributed by atoms with van der Waals surface area (Å²) in [4.78, 5) is 11.1. The molecule has 2 fully saturated rings. The van der Waals surface area contributed by atoms with E-state index in [1.807, 2.05) is 13.8 Å². The second-order valence-electron chi connectivity index (χ2n) is 3.99. The van der Waals surface area contributed by atoms with Gasteiger partial charge in [0, 0.05) is 12.8 Å². The molecule has 2 aliphatic rings. The van der Waals surface area contributed by atoms with Crippen LogP contribution in [0.2, 0.25) is 0 Å². The predicted molar refractivity (Wildman–Crippen MR) is 42.7 cm³/mol. The minimum absolute atomic E-state index is 0.0150. The molecule has 2 rings (SSSR count). The normalized spacial score (nSPS) is 39.7. The highest BCUT2D eigenvalue weighted by molar-refractivity contribution is 5.79. The molecule has 12 heavy (non-hydrogen) atoms. The van der Waals surface area contributed by atoms with Crippen molar-refractivity contribution >= 4 is 5.78 Å². The smallest absolute Gasteiger partial charge is 0.163 e. The van der Waals surface area contributed by atoms with Crippen LogP contribution >= 0.6 is 0 Å². The lowest BCUT2D eigenvalue weighted by molar-refractivity contribution is -0.146. The van der Waals surface area contributed by atoms with Crippen molar-refractivity contribution in [1.29, 1.82) is 0 Å². The van der Waals surface area contributed by atoms with Crippen molar-refractivity contribution < 1.29 is 14.3 Å². The molecular formula is C9H14O3. The van der Waals surface area contributed by atoms with E-state index in [0.717, 1.165) is 6.42 Å². The first kappa shape index (κ1) is 8.20. The van der Waals surface area contributed by atoms with Crippen molar-refractivity contribution in [3.63, 3.8) is 0 Å². The number of hydrogen-bond donors (Lipinski definition) is 0. The third kappa shape index (κ3) is 1.39. The fourth-order valence-electron chi connectivity index (χ4n) is 1.96. The molecule has 0 amide bonds. The number of carbonyl (C=O) groups is 1. The van der Waals surface area contributed by atoms with Gasteiger partial charge in [0.2, 0.25) is 0 Å². The molecule has 0 aromatic heterocycles. The van der Waals surface area contributed by atoms with Gasteiger partial charge in [0.1, 0.15) is 5.78 Å². The summed E-state index contributed by atoms with van der Waals surface area (Å²) in [5, 5.41) is 0. The fraction of sp³-hybridized carbons (Fsp3) is 0.889. The van der Waals surface area contributed by atoms with Gasteiger partial charge in [0.15, 0.2) is 5.79 Å². The second-order valence-corrected chi connectivity index (χ2v) is 3.99. The molecule has 1 aliphatic carbocycles. The number of rotatable bonds is 0. The standard InChI is InChI=1S/C9H14O3/c1-9(2)11-7-4-3-6(10)5-8(7)12-9/h7-8H,3-5H2,1-2H3/t7-,8+/m0/s1. The number of Topliss-reactive ketones (excluding diaryl/α,β-unsaturated/α-hetero) is 1. The van der Waals surface area contributed by atoms with Crippen LogP contribution in [-0.4, -0.2) is 23.8 Å². The largest absolute Gasteiger partial charge is 0.345 e. The van der Waals surface area contributed by atoms with E-state index < -0.39 is 5.79 Å². The maximum Gasteiger partial charge on any atom is 0.163 e. The summed E-state index contributed by atoms with van der Waals surface area (Å²) in [7, 11) is 0. The van der Waals surface area contributed by atoms with Crippen LogP contribution in [-0.2, 0) is 14.3 Å². The molecule has 0 N–H and O–H groups in total. The number of fused-ring (bicyclic) bond motifs is 1. The molecule has 0 aromatic rings. The van der Waals surface area contributed by atoms with E-state index in [0.29, 0.717) is 18.6 Å². The van der Waals surface area contributed by atoms with E-state index in [9.17, 15) is 4.79 Å². The van der Waals surface area contributed by atoms with Gasteiger partial charge in [-0.3, -0.25) is 4.79 Å². The third-order valence-corrected chi connectivity index (χ3v) is 2.42. The molecule has 3 nitrogen and oxygen atoms in total. The first-order valence-corrected chi connectivity index (χ1v) is 4.44. The second kappa shape index (κ2) is 2.54. The molecule has 1 heterocycles. The van der Waals surface area contributed by atoms with Crippen LogP contribution in [0.1, 0.15) is 33.1 Å². The molecule has 0 bridgehead atoms. The molecular weight excluding hydrogens is 156 g/mol. The summed E-state index contributed by atoms with van der Waals surface area (Å²) in [5.41, 5.74) is 0. The highest BCUT2D eigenvalue weighted by atomic mass is 16.7. The summed E-state index contributed by atoms with van der Waals surface area (Å²) in [5.74, 6) is -0.183. The van der Waals surface area contributed by atoms with Crippen LogP contribution in [0.15, 0.2) is 0 Å². The molecule has 2 atom stereocenters. The van der Waals surface area contributed by atoms with E-state index in [1.54, 1.807) is 0 Å².